The second kappa shape index (κ2) is 24.8. The lowest BCUT2D eigenvalue weighted by Gasteiger charge is -2.35. The summed E-state index contributed by atoms with van der Waals surface area (Å²) in [6.45, 7) is 14.8. The van der Waals surface area contributed by atoms with Gasteiger partial charge in [-0.3, -0.25) is 4.57 Å². The summed E-state index contributed by atoms with van der Waals surface area (Å²) in [7, 11) is -6.52. The standard InChI is InChI=1S/C91H82N4OSi/c1-62-50-87(92-60-81(62)64-32-18-12-19-33-64)95-83-45-27-26-44-78(83)79-48-47-73(59-85(79)95)96-72-36-29-35-71(58-72)93-61-94(84-49-46-65(56-86(84)93)67-51-69(89(2,3)4)57-70(52-67)90(5,6)7)88-80(54-68(55-82(88)91(8,9)10)63-30-16-11-17-31-63)66-34-28-43-77(53-66)97(74-37-20-13-21-38-74,75-39-22-14-23-40-75)76-41-24-15-25-42-76/h11-60H,61H2,1-10H3/i1D3,11D,12D,13D,14D,15D,16D,17D,18D,19D,20D,21D,22D,23D,24D,25D,28D,30D,31D,32D,33D,34D,37D,38D,39D,40D,41D,42D,43D,53D. The van der Waals surface area contributed by atoms with Gasteiger partial charge in [0.15, 0.2) is 8.07 Å². The monoisotopic (exact) mass is 1310 g/mol. The van der Waals surface area contributed by atoms with E-state index < -0.39 is 227 Å². The topological polar surface area (TPSA) is 33.5 Å². The summed E-state index contributed by atoms with van der Waals surface area (Å²) in [6, 6.07) is 6.79. The van der Waals surface area contributed by atoms with E-state index in [-0.39, 0.29) is 73.9 Å². The van der Waals surface area contributed by atoms with Gasteiger partial charge in [0.2, 0.25) is 0 Å². The largest absolute Gasteiger partial charge is 0.457 e. The smallest absolute Gasteiger partial charge is 0.179 e. The highest BCUT2D eigenvalue weighted by atomic mass is 28.3. The lowest BCUT2D eigenvalue weighted by atomic mass is 9.79. The second-order valence-corrected chi connectivity index (χ2v) is 30.4. The van der Waals surface area contributed by atoms with Crippen LogP contribution in [0.2, 0.25) is 0 Å². The lowest BCUT2D eigenvalue weighted by molar-refractivity contribution is 0.483. The minimum Gasteiger partial charge on any atom is -0.457 e. The summed E-state index contributed by atoms with van der Waals surface area (Å²) in [5.41, 5.74) is 1.68. The second-order valence-electron chi connectivity index (χ2n) is 26.9. The van der Waals surface area contributed by atoms with Gasteiger partial charge in [-0.05, 0) is 160 Å². The summed E-state index contributed by atoms with van der Waals surface area (Å²) in [5.74, 6) is 0.600. The summed E-state index contributed by atoms with van der Waals surface area (Å²) in [4.78, 5) is 8.49. The maximum Gasteiger partial charge on any atom is 0.179 e. The van der Waals surface area contributed by atoms with Crippen LogP contribution < -0.4 is 35.3 Å². The summed E-state index contributed by atoms with van der Waals surface area (Å²) in [6.07, 6.45) is 1.18. The van der Waals surface area contributed by atoms with Gasteiger partial charge in [0.05, 0.1) is 67.8 Å². The van der Waals surface area contributed by atoms with Gasteiger partial charge in [-0.15, -0.1) is 0 Å². The molecule has 1 aliphatic rings. The zero-order valence-electron chi connectivity index (χ0n) is 86.5. The average molecular weight is 1310 g/mol. The van der Waals surface area contributed by atoms with Crippen LogP contribution in [0, 0.1) is 6.85 Å². The molecule has 0 atom stereocenters. The molecule has 5 nitrogen and oxygen atoms in total. The number of rotatable bonds is 13. The van der Waals surface area contributed by atoms with E-state index in [4.69, 9.17) is 28.9 Å². The number of pyridine rings is 1. The number of ether oxygens (including phenoxy) is 1. The van der Waals surface area contributed by atoms with E-state index in [0.717, 1.165) is 22.1 Å². The van der Waals surface area contributed by atoms with Crippen molar-refractivity contribution in [2.45, 2.75) is 85.4 Å². The van der Waals surface area contributed by atoms with Crippen LogP contribution in [0.1, 0.15) is 128 Å². The fraction of sp³-hybridized carbons (Fsp3) is 0.154. The molecule has 12 aromatic carbocycles. The van der Waals surface area contributed by atoms with Crippen molar-refractivity contribution in [3.8, 4) is 61.8 Å². The Hall–Kier alpha value is -10.8. The van der Waals surface area contributed by atoms with Crippen LogP contribution in [0.4, 0.5) is 22.7 Å². The first-order chi connectivity index (χ1) is 60.1. The van der Waals surface area contributed by atoms with Crippen LogP contribution in [0.3, 0.4) is 0 Å². The van der Waals surface area contributed by atoms with Gasteiger partial charge in [0.1, 0.15) is 24.0 Å². The third-order valence-corrected chi connectivity index (χ3v) is 21.6. The molecule has 14 aromatic rings. The highest BCUT2D eigenvalue weighted by Crippen LogP contribution is 2.53. The molecule has 2 aromatic heterocycles. The van der Waals surface area contributed by atoms with E-state index in [0.29, 0.717) is 39.0 Å². The Kier molecular flexibility index (Phi) is 9.14. The molecule has 3 heterocycles. The predicted octanol–water partition coefficient (Wildman–Crippen LogP) is 21.5. The maximum absolute atomic E-state index is 11.3. The molecule has 0 bridgehead atoms. The molecule has 0 fully saturated rings. The Morgan fingerprint density at radius 2 is 1.00 bits per heavy atom. The third kappa shape index (κ3) is 11.6. The molecule has 0 amide bonds. The molecule has 0 aliphatic carbocycles. The van der Waals surface area contributed by atoms with Gasteiger partial charge in [-0.2, -0.15) is 0 Å². The van der Waals surface area contributed by atoms with Gasteiger partial charge in [0.25, 0.3) is 0 Å². The third-order valence-electron chi connectivity index (χ3n) is 17.6. The number of nitrogens with zero attached hydrogens (tertiary/aromatic N) is 4. The summed E-state index contributed by atoms with van der Waals surface area (Å²) >= 11 is 0. The van der Waals surface area contributed by atoms with Crippen LogP contribution >= 0.6 is 0 Å². The van der Waals surface area contributed by atoms with E-state index in [1.807, 2.05) is 47.4 Å². The molecule has 97 heavy (non-hydrogen) atoms. The number of aryl methyl sites for hydroxylation is 1. The number of aromatic nitrogens is 2. The highest BCUT2D eigenvalue weighted by Gasteiger charge is 2.42. The van der Waals surface area contributed by atoms with Gasteiger partial charge < -0.3 is 14.5 Å². The Labute approximate surface area is 618 Å². The molecule has 0 saturated carbocycles. The number of fused-ring (bicyclic) bond motifs is 4. The number of anilines is 4. The van der Waals surface area contributed by atoms with E-state index in [2.05, 4.69) is 59.7 Å². The number of hydrogen-bond donors (Lipinski definition) is 0. The molecule has 0 N–H and O–H groups in total. The molecular weight excluding hydrogens is 1190 g/mol. The first kappa shape index (κ1) is 35.8. The minimum atomic E-state index is -6.52. The predicted molar refractivity (Wildman–Crippen MR) is 413 cm³/mol. The van der Waals surface area contributed by atoms with Gasteiger partial charge >= 0.3 is 0 Å². The molecule has 0 radical (unpaired) electrons. The molecule has 0 unspecified atom stereocenters. The van der Waals surface area contributed by atoms with E-state index in [1.54, 1.807) is 78.8 Å². The summed E-state index contributed by atoms with van der Waals surface area (Å²) < 4.78 is 309. The Bertz CT molecular complexity index is 6860. The van der Waals surface area contributed by atoms with Crippen molar-refractivity contribution in [3.05, 3.63) is 325 Å². The van der Waals surface area contributed by atoms with Crippen molar-refractivity contribution < 1.29 is 48.6 Å². The quantitative estimate of drug-likeness (QED) is 0.0851. The normalized spacial score (nSPS) is 17.5. The molecule has 1 aliphatic heterocycles. The zero-order valence-corrected chi connectivity index (χ0v) is 55.5. The maximum atomic E-state index is 11.3. The molecular formula is C91H82N4OSi. The van der Waals surface area contributed by atoms with Gasteiger partial charge in [0, 0.05) is 50.0 Å². The van der Waals surface area contributed by atoms with Crippen LogP contribution in [0.25, 0.3) is 72.1 Å². The van der Waals surface area contributed by atoms with Crippen LogP contribution in [-0.2, 0) is 16.2 Å². The molecule has 6 heteroatoms. The van der Waals surface area contributed by atoms with E-state index in [9.17, 15) is 24.7 Å². The van der Waals surface area contributed by atoms with E-state index in [1.165, 1.54) is 18.3 Å². The number of benzene rings is 12. The Morgan fingerprint density at radius 1 is 0.423 bits per heavy atom. The molecule has 0 saturated heterocycles. The van der Waals surface area contributed by atoms with Crippen molar-refractivity contribution in [1.82, 2.24) is 9.55 Å². The van der Waals surface area contributed by atoms with Crippen molar-refractivity contribution in [2.24, 2.45) is 0 Å². The van der Waals surface area contributed by atoms with Crippen LogP contribution in [0.5, 0.6) is 11.5 Å². The van der Waals surface area contributed by atoms with E-state index >= 15 is 0 Å². The molecule has 0 spiro atoms. The number of para-hydroxylation sites is 1. The minimum absolute atomic E-state index is 0.0472. The first-order valence-corrected chi connectivity index (χ1v) is 33.5. The van der Waals surface area contributed by atoms with Gasteiger partial charge in [-0.1, -0.05) is 286 Å². The van der Waals surface area contributed by atoms with Crippen molar-refractivity contribution >= 4 is 73.4 Å². The van der Waals surface area contributed by atoms with Crippen LogP contribution in [0.15, 0.2) is 303 Å². The molecule has 15 rings (SSSR count). The average Bonchev–Trinajstić information content (AvgIpc) is 0.981. The fourth-order valence-electron chi connectivity index (χ4n) is 12.7. The first-order valence-electron chi connectivity index (χ1n) is 47.5. The van der Waals surface area contributed by atoms with Crippen LogP contribution in [-0.4, -0.2) is 24.3 Å². The van der Waals surface area contributed by atoms with Crippen molar-refractivity contribution in [2.75, 3.05) is 16.5 Å². The number of hydrogen-bond acceptors (Lipinski definition) is 4. The van der Waals surface area contributed by atoms with Crippen molar-refractivity contribution in [1.29, 1.82) is 0 Å². The molecule has 476 valence electrons. The van der Waals surface area contributed by atoms with Gasteiger partial charge in [-0.25, -0.2) is 4.98 Å². The van der Waals surface area contributed by atoms with Crippen molar-refractivity contribution in [3.63, 3.8) is 0 Å². The highest BCUT2D eigenvalue weighted by molar-refractivity contribution is 7.20. The Morgan fingerprint density at radius 3 is 1.63 bits per heavy atom. The SMILES string of the molecule is [2H]c1c([2H])c([2H])c(-c2cc(-c3c([2H])c([2H])c([2H])c([Si](c4c([2H])c([2H])c([2H])c([2H])c4[2H])(c4c([2H])c([2H])c([2H])c([2H])c4[2H])c4c([2H])c([2H])c([2H])c([2H])c4[2H])c3[2H])c(N3CN(c4cccc(Oc5ccc6c7ccccc7n(-c7cc(C([2H])([2H])[2H])c(-c8c([2H])c([2H])c([2H])c([2H])c8[2H])cn7)c6c5)c4)c4cc(-c5cc(C(C)(C)C)cc(C(C)(C)C)c5)ccc43)c(C(C)(C)C)c2)c([2H])c1[2H]. The zero-order chi connectivity index (χ0) is 94.5. The lowest BCUT2D eigenvalue weighted by Crippen LogP contribution is -2.74. The Balaban J connectivity index is 1.03. The fourth-order valence-corrected chi connectivity index (χ4v) is 16.3. The summed E-state index contributed by atoms with van der Waals surface area (Å²) in [5, 5.41) is -2.90.